The second-order valence-electron chi connectivity index (χ2n) is 5.58. The summed E-state index contributed by atoms with van der Waals surface area (Å²) in [5, 5.41) is 14.7. The largest absolute Gasteiger partial charge is 0.497 e. The van der Waals surface area contributed by atoms with Crippen LogP contribution in [-0.2, 0) is 20.0 Å². The van der Waals surface area contributed by atoms with Crippen molar-refractivity contribution in [1.82, 2.24) is 25.4 Å². The van der Waals surface area contributed by atoms with E-state index < -0.39 is 0 Å². The minimum Gasteiger partial charge on any atom is -0.497 e. The van der Waals surface area contributed by atoms with Gasteiger partial charge in [0.25, 0.3) is 0 Å². The molecule has 0 radical (unpaired) electrons. The van der Waals surface area contributed by atoms with E-state index >= 15 is 0 Å². The predicted octanol–water partition coefficient (Wildman–Crippen LogP) is 2.21. The van der Waals surface area contributed by atoms with Gasteiger partial charge in [-0.25, -0.2) is 4.99 Å². The van der Waals surface area contributed by atoms with Crippen molar-refractivity contribution in [2.45, 2.75) is 19.9 Å². The van der Waals surface area contributed by atoms with Crippen LogP contribution in [0.3, 0.4) is 0 Å². The predicted molar refractivity (Wildman–Crippen MR) is 115 cm³/mol. The first-order valence-corrected chi connectivity index (χ1v) is 8.25. The Hall–Kier alpha value is -2.10. The van der Waals surface area contributed by atoms with Crippen LogP contribution in [0.15, 0.2) is 41.9 Å². The molecule has 0 atom stereocenters. The van der Waals surface area contributed by atoms with Gasteiger partial charge in [-0.1, -0.05) is 18.2 Å². The lowest BCUT2D eigenvalue weighted by atomic mass is 10.1. The molecule has 0 saturated heterocycles. The van der Waals surface area contributed by atoms with Crippen LogP contribution in [0.2, 0.25) is 0 Å². The molecule has 0 bridgehead atoms. The molecular formula is C18H27IN6O. The van der Waals surface area contributed by atoms with E-state index in [2.05, 4.69) is 44.5 Å². The molecule has 0 spiro atoms. The second kappa shape index (κ2) is 11.5. The second-order valence-corrected chi connectivity index (χ2v) is 5.58. The van der Waals surface area contributed by atoms with Gasteiger partial charge in [-0.2, -0.15) is 0 Å². The fourth-order valence-electron chi connectivity index (χ4n) is 2.20. The van der Waals surface area contributed by atoms with Crippen LogP contribution in [0.4, 0.5) is 0 Å². The number of hydrogen-bond donors (Lipinski definition) is 2. The molecule has 0 saturated carbocycles. The molecule has 1 heterocycles. The highest BCUT2D eigenvalue weighted by molar-refractivity contribution is 14.0. The lowest BCUT2D eigenvalue weighted by molar-refractivity contribution is 0.414. The molecule has 2 rings (SSSR count). The molecular weight excluding hydrogens is 443 g/mol. The Kier molecular flexibility index (Phi) is 9.71. The first-order chi connectivity index (χ1) is 12.1. The number of halogens is 1. The highest BCUT2D eigenvalue weighted by Gasteiger charge is 2.05. The van der Waals surface area contributed by atoms with Crippen molar-refractivity contribution < 1.29 is 4.74 Å². The highest BCUT2D eigenvalue weighted by atomic mass is 127. The van der Waals surface area contributed by atoms with Crippen LogP contribution in [0.25, 0.3) is 0 Å². The maximum Gasteiger partial charge on any atom is 0.191 e. The molecule has 2 aromatic rings. The van der Waals surface area contributed by atoms with Gasteiger partial charge in [0.15, 0.2) is 11.8 Å². The van der Waals surface area contributed by atoms with Gasteiger partial charge in [-0.05, 0) is 31.0 Å². The van der Waals surface area contributed by atoms with Crippen LogP contribution < -0.4 is 15.4 Å². The average Bonchev–Trinajstić information content (AvgIpc) is 2.96. The molecule has 1 aromatic carbocycles. The summed E-state index contributed by atoms with van der Waals surface area (Å²) in [7, 11) is 3.61. The lowest BCUT2D eigenvalue weighted by Gasteiger charge is -2.11. The Bertz CT molecular complexity index is 711. The van der Waals surface area contributed by atoms with E-state index in [-0.39, 0.29) is 24.0 Å². The minimum atomic E-state index is 0. The molecule has 0 aliphatic rings. The van der Waals surface area contributed by atoms with Crippen molar-refractivity contribution in [2.75, 3.05) is 20.2 Å². The quantitative estimate of drug-likeness (QED) is 0.268. The van der Waals surface area contributed by atoms with E-state index in [1.165, 1.54) is 5.56 Å². The Morgan fingerprint density at radius 1 is 1.27 bits per heavy atom. The summed E-state index contributed by atoms with van der Waals surface area (Å²) in [6.07, 6.45) is 2.69. The van der Waals surface area contributed by atoms with E-state index in [0.717, 1.165) is 36.3 Å². The maximum absolute atomic E-state index is 5.17. The van der Waals surface area contributed by atoms with Crippen molar-refractivity contribution >= 4 is 29.9 Å². The number of rotatable bonds is 8. The standard InChI is InChI=1S/C18H26N6O.HI/c1-5-11-19-18(21-13-17-23-22-14(2)24(17)3)20-12-10-15-6-8-16(25-4)9-7-15;/h5-9H,1,10-13H2,2-4H3,(H2,19,20,21);1H. The van der Waals surface area contributed by atoms with Crippen molar-refractivity contribution in [3.63, 3.8) is 0 Å². The number of aromatic nitrogens is 3. The van der Waals surface area contributed by atoms with Gasteiger partial charge in [-0.3, -0.25) is 0 Å². The van der Waals surface area contributed by atoms with Crippen LogP contribution >= 0.6 is 24.0 Å². The molecule has 0 fully saturated rings. The molecule has 26 heavy (non-hydrogen) atoms. The highest BCUT2D eigenvalue weighted by Crippen LogP contribution is 2.11. The summed E-state index contributed by atoms with van der Waals surface area (Å²) >= 11 is 0. The van der Waals surface area contributed by atoms with Gasteiger partial charge in [0.05, 0.1) is 7.11 Å². The number of ether oxygens (including phenoxy) is 1. The van der Waals surface area contributed by atoms with Gasteiger partial charge in [0.2, 0.25) is 0 Å². The summed E-state index contributed by atoms with van der Waals surface area (Å²) < 4.78 is 7.11. The SMILES string of the molecule is C=CCNC(=NCc1nnc(C)n1C)NCCc1ccc(OC)cc1.I. The number of hydrogen-bond acceptors (Lipinski definition) is 4. The molecule has 2 N–H and O–H groups in total. The van der Waals surface area contributed by atoms with Gasteiger partial charge in [-0.15, -0.1) is 40.8 Å². The number of nitrogens with zero attached hydrogens (tertiary/aromatic N) is 4. The number of aryl methyl sites for hydroxylation is 1. The van der Waals surface area contributed by atoms with Gasteiger partial charge in [0, 0.05) is 20.1 Å². The van der Waals surface area contributed by atoms with Gasteiger partial charge in [0.1, 0.15) is 18.1 Å². The van der Waals surface area contributed by atoms with Gasteiger partial charge < -0.3 is 19.9 Å². The molecule has 8 heteroatoms. The fourth-order valence-corrected chi connectivity index (χ4v) is 2.20. The Morgan fingerprint density at radius 3 is 2.58 bits per heavy atom. The maximum atomic E-state index is 5.17. The summed E-state index contributed by atoms with van der Waals surface area (Å²) in [6, 6.07) is 8.07. The number of methoxy groups -OCH3 is 1. The summed E-state index contributed by atoms with van der Waals surface area (Å²) in [5.74, 6) is 3.30. The average molecular weight is 470 g/mol. The third-order valence-corrected chi connectivity index (χ3v) is 3.84. The van der Waals surface area contributed by atoms with Crippen molar-refractivity contribution in [2.24, 2.45) is 12.0 Å². The molecule has 0 aliphatic heterocycles. The summed E-state index contributed by atoms with van der Waals surface area (Å²) in [4.78, 5) is 4.57. The van der Waals surface area contributed by atoms with E-state index in [1.54, 1.807) is 13.2 Å². The van der Waals surface area contributed by atoms with Crippen LogP contribution in [0.5, 0.6) is 5.75 Å². The first-order valence-electron chi connectivity index (χ1n) is 8.25. The Balaban J connectivity index is 0.00000338. The van der Waals surface area contributed by atoms with Crippen LogP contribution in [-0.4, -0.2) is 40.9 Å². The molecule has 0 unspecified atom stereocenters. The van der Waals surface area contributed by atoms with Crippen molar-refractivity contribution in [1.29, 1.82) is 0 Å². The molecule has 142 valence electrons. The number of benzene rings is 1. The molecule has 7 nitrogen and oxygen atoms in total. The minimum absolute atomic E-state index is 0. The zero-order chi connectivity index (χ0) is 18.1. The van der Waals surface area contributed by atoms with E-state index in [1.807, 2.05) is 30.7 Å². The van der Waals surface area contributed by atoms with Crippen molar-refractivity contribution in [3.8, 4) is 5.75 Å². The molecule has 0 amide bonds. The molecule has 0 aliphatic carbocycles. The van der Waals surface area contributed by atoms with Gasteiger partial charge >= 0.3 is 0 Å². The fraction of sp³-hybridized carbons (Fsp3) is 0.389. The summed E-state index contributed by atoms with van der Waals surface area (Å²) in [5.41, 5.74) is 1.24. The Labute approximate surface area is 172 Å². The number of guanidine groups is 1. The number of aliphatic imine (C=N–C) groups is 1. The van der Waals surface area contributed by atoms with E-state index in [9.17, 15) is 0 Å². The monoisotopic (exact) mass is 470 g/mol. The third kappa shape index (κ3) is 6.66. The normalized spacial score (nSPS) is 10.8. The Morgan fingerprint density at radius 2 is 2.00 bits per heavy atom. The topological polar surface area (TPSA) is 76.4 Å². The van der Waals surface area contributed by atoms with E-state index in [0.29, 0.717) is 13.1 Å². The zero-order valence-corrected chi connectivity index (χ0v) is 17.9. The van der Waals surface area contributed by atoms with E-state index in [4.69, 9.17) is 4.74 Å². The first kappa shape index (κ1) is 21.9. The van der Waals surface area contributed by atoms with Crippen LogP contribution in [0.1, 0.15) is 17.2 Å². The molecule has 1 aromatic heterocycles. The lowest BCUT2D eigenvalue weighted by Crippen LogP contribution is -2.38. The third-order valence-electron chi connectivity index (χ3n) is 3.84. The van der Waals surface area contributed by atoms with Crippen molar-refractivity contribution in [3.05, 3.63) is 54.1 Å². The van der Waals surface area contributed by atoms with Crippen LogP contribution in [0, 0.1) is 6.92 Å². The zero-order valence-electron chi connectivity index (χ0n) is 15.5. The number of nitrogens with one attached hydrogen (secondary N) is 2. The smallest absolute Gasteiger partial charge is 0.191 e. The summed E-state index contributed by atoms with van der Waals surface area (Å²) in [6.45, 7) is 7.53.